The van der Waals surface area contributed by atoms with Gasteiger partial charge < -0.3 is 9.92 Å². The van der Waals surface area contributed by atoms with Crippen molar-refractivity contribution in [3.63, 3.8) is 0 Å². The van der Waals surface area contributed by atoms with Crippen LogP contribution < -0.4 is 5.73 Å². The van der Waals surface area contributed by atoms with E-state index in [1.807, 2.05) is 59.3 Å². The highest BCUT2D eigenvalue weighted by atomic mass is 127. The van der Waals surface area contributed by atoms with Gasteiger partial charge in [-0.25, -0.2) is 9.67 Å². The molecular weight excluding hydrogens is 533 g/mol. The summed E-state index contributed by atoms with van der Waals surface area (Å²) in [6, 6.07) is 22.6. The molecule has 0 aliphatic heterocycles. The van der Waals surface area contributed by atoms with E-state index in [1.165, 1.54) is 9.21 Å². The van der Waals surface area contributed by atoms with Crippen molar-refractivity contribution in [1.82, 2.24) is 14.8 Å². The van der Waals surface area contributed by atoms with Gasteiger partial charge in [-0.1, -0.05) is 48.5 Å². The highest BCUT2D eigenvalue weighted by Crippen LogP contribution is 2.41. The molecule has 0 amide bonds. The number of anilines is 1. The molecule has 5 rings (SSSR count). The summed E-state index contributed by atoms with van der Waals surface area (Å²) in [5.41, 5.74) is 11.1. The number of nitrogens with two attached hydrogens (primary N) is 1. The normalized spacial score (nSPS) is 17.8. The van der Waals surface area contributed by atoms with Crippen LogP contribution in [-0.2, 0) is 4.18 Å². The van der Waals surface area contributed by atoms with Crippen LogP contribution in [0.2, 0.25) is 0 Å². The monoisotopic (exact) mass is 553 g/mol. The van der Waals surface area contributed by atoms with Crippen LogP contribution in [0.1, 0.15) is 24.4 Å². The number of benzene rings is 2. The molecule has 8 heteroatoms. The van der Waals surface area contributed by atoms with E-state index in [4.69, 9.17) is 20.0 Å². The Morgan fingerprint density at radius 3 is 2.66 bits per heavy atom. The maximum atomic E-state index is 9.80. The maximum absolute atomic E-state index is 9.80. The van der Waals surface area contributed by atoms with Crippen LogP contribution in [0, 0.1) is 17.2 Å². The zero-order chi connectivity index (χ0) is 22.1. The maximum Gasteiger partial charge on any atom is 0.140 e. The van der Waals surface area contributed by atoms with E-state index >= 15 is 0 Å². The highest BCUT2D eigenvalue weighted by Gasteiger charge is 2.34. The molecule has 32 heavy (non-hydrogen) atoms. The van der Waals surface area contributed by atoms with Crippen LogP contribution in [0.25, 0.3) is 33.4 Å². The van der Waals surface area contributed by atoms with Gasteiger partial charge >= 0.3 is 0 Å². The van der Waals surface area contributed by atoms with Gasteiger partial charge in [-0.3, -0.25) is 0 Å². The third-order valence-electron chi connectivity index (χ3n) is 6.00. The standard InChI is InChI=1S/C24H20IN5OS/c25-32-31-14-15-10-19(11-15)30-24(27)20(13-26)23(29-30)18-7-6-17-8-9-21(28-22(17)12-18)16-4-2-1-3-5-16/h1-9,12,15,19H,10-11,14,27H2. The van der Waals surface area contributed by atoms with Crippen molar-refractivity contribution in [2.45, 2.75) is 18.9 Å². The molecule has 2 N–H and O–H groups in total. The van der Waals surface area contributed by atoms with Crippen molar-refractivity contribution in [1.29, 1.82) is 5.26 Å². The van der Waals surface area contributed by atoms with Gasteiger partial charge in [-0.05, 0) is 30.9 Å². The zero-order valence-corrected chi connectivity index (χ0v) is 20.1. The SMILES string of the molecule is N#Cc1c(-c2ccc3ccc(-c4ccccc4)nc3c2)nn(C2CC(COSI)C2)c1N. The molecule has 0 atom stereocenters. The van der Waals surface area contributed by atoms with Crippen molar-refractivity contribution < 1.29 is 4.18 Å². The summed E-state index contributed by atoms with van der Waals surface area (Å²) in [4.78, 5) is 4.85. The average molecular weight is 553 g/mol. The number of halogens is 1. The fourth-order valence-electron chi connectivity index (χ4n) is 4.23. The minimum absolute atomic E-state index is 0.201. The van der Waals surface area contributed by atoms with E-state index in [0.29, 0.717) is 23.0 Å². The topological polar surface area (TPSA) is 89.8 Å². The van der Waals surface area contributed by atoms with Gasteiger partial charge in [0.1, 0.15) is 23.1 Å². The van der Waals surface area contributed by atoms with E-state index < -0.39 is 0 Å². The molecule has 6 nitrogen and oxygen atoms in total. The summed E-state index contributed by atoms with van der Waals surface area (Å²) in [6.07, 6.45) is 1.90. The smallest absolute Gasteiger partial charge is 0.140 e. The molecular formula is C24H20IN5OS. The Morgan fingerprint density at radius 1 is 1.12 bits per heavy atom. The third kappa shape index (κ3) is 3.96. The Labute approximate surface area is 202 Å². The first kappa shape index (κ1) is 21.2. The summed E-state index contributed by atoms with van der Waals surface area (Å²) < 4.78 is 7.26. The van der Waals surface area contributed by atoms with Gasteiger partial charge in [0.15, 0.2) is 0 Å². The van der Waals surface area contributed by atoms with E-state index in [9.17, 15) is 5.26 Å². The first-order valence-corrected chi connectivity index (χ1v) is 13.6. The Morgan fingerprint density at radius 2 is 1.91 bits per heavy atom. The van der Waals surface area contributed by atoms with Crippen LogP contribution in [0.15, 0.2) is 60.7 Å². The van der Waals surface area contributed by atoms with Crippen LogP contribution in [0.3, 0.4) is 0 Å². The van der Waals surface area contributed by atoms with Crippen LogP contribution >= 0.6 is 30.4 Å². The summed E-state index contributed by atoms with van der Waals surface area (Å²) in [5.74, 6) is 0.933. The predicted octanol–water partition coefficient (Wildman–Crippen LogP) is 6.19. The van der Waals surface area contributed by atoms with Crippen molar-refractivity contribution >= 4 is 47.1 Å². The molecule has 2 aromatic carbocycles. The Kier molecular flexibility index (Phi) is 6.04. The zero-order valence-electron chi connectivity index (χ0n) is 17.1. The van der Waals surface area contributed by atoms with Crippen LogP contribution in [0.4, 0.5) is 5.82 Å². The van der Waals surface area contributed by atoms with Crippen molar-refractivity contribution in [3.8, 4) is 28.6 Å². The minimum Gasteiger partial charge on any atom is -0.383 e. The number of nitrogen functional groups attached to an aromatic ring is 1. The minimum atomic E-state index is 0.201. The van der Waals surface area contributed by atoms with Crippen LogP contribution in [0.5, 0.6) is 0 Å². The lowest BCUT2D eigenvalue weighted by Crippen LogP contribution is -2.30. The van der Waals surface area contributed by atoms with Gasteiger partial charge in [0, 0.05) is 37.7 Å². The summed E-state index contributed by atoms with van der Waals surface area (Å²) in [6.45, 7) is 0.726. The summed E-state index contributed by atoms with van der Waals surface area (Å²) in [7, 11) is 1.36. The van der Waals surface area contributed by atoms with Gasteiger partial charge in [-0.2, -0.15) is 10.4 Å². The number of pyridine rings is 1. The second kappa shape index (κ2) is 9.10. The number of nitrogens with zero attached hydrogens (tertiary/aromatic N) is 4. The van der Waals surface area contributed by atoms with Crippen LogP contribution in [-0.4, -0.2) is 21.4 Å². The lowest BCUT2D eigenvalue weighted by atomic mass is 9.81. The molecule has 1 saturated carbocycles. The Hall–Kier alpha value is -2.61. The molecule has 4 aromatic rings. The molecule has 0 saturated heterocycles. The molecule has 0 spiro atoms. The first-order valence-electron chi connectivity index (χ1n) is 10.3. The number of aromatic nitrogens is 3. The number of fused-ring (bicyclic) bond motifs is 1. The third-order valence-corrected chi connectivity index (χ3v) is 6.99. The molecule has 1 fully saturated rings. The molecule has 2 aromatic heterocycles. The highest BCUT2D eigenvalue weighted by molar-refractivity contribution is 14.2. The lowest BCUT2D eigenvalue weighted by molar-refractivity contribution is 0.132. The fraction of sp³-hybridized carbons (Fsp3) is 0.208. The molecule has 1 aliphatic rings. The fourth-order valence-corrected chi connectivity index (χ4v) is 4.91. The molecule has 0 unspecified atom stereocenters. The largest absolute Gasteiger partial charge is 0.383 e. The second-order valence-corrected chi connectivity index (χ2v) is 9.41. The molecule has 1 aliphatic carbocycles. The van der Waals surface area contributed by atoms with Crippen molar-refractivity contribution in [3.05, 3.63) is 66.2 Å². The Balaban J connectivity index is 1.49. The molecule has 0 radical (unpaired) electrons. The molecule has 160 valence electrons. The molecule has 0 bridgehead atoms. The van der Waals surface area contributed by atoms with Crippen molar-refractivity contribution in [2.24, 2.45) is 5.92 Å². The van der Waals surface area contributed by atoms with Gasteiger partial charge in [0.05, 0.1) is 33.1 Å². The average Bonchev–Trinajstić information content (AvgIpc) is 3.13. The number of nitriles is 1. The van der Waals surface area contributed by atoms with Gasteiger partial charge in [0.2, 0.25) is 0 Å². The molecule has 2 heterocycles. The quantitative estimate of drug-likeness (QED) is 0.227. The Bertz CT molecular complexity index is 1310. The number of hydrogen-bond acceptors (Lipinski definition) is 6. The van der Waals surface area contributed by atoms with Gasteiger partial charge in [-0.15, -0.1) is 0 Å². The second-order valence-electron chi connectivity index (χ2n) is 7.97. The lowest BCUT2D eigenvalue weighted by Gasteiger charge is -2.35. The van der Waals surface area contributed by atoms with Crippen molar-refractivity contribution in [2.75, 3.05) is 12.3 Å². The number of rotatable bonds is 6. The number of hydrogen-bond donors (Lipinski definition) is 1. The summed E-state index contributed by atoms with van der Waals surface area (Å²) >= 11 is 2.13. The van der Waals surface area contributed by atoms with E-state index in [-0.39, 0.29) is 6.04 Å². The van der Waals surface area contributed by atoms with E-state index in [1.54, 1.807) is 0 Å². The predicted molar refractivity (Wildman–Crippen MR) is 137 cm³/mol. The van der Waals surface area contributed by atoms with E-state index in [2.05, 4.69) is 33.3 Å². The summed E-state index contributed by atoms with van der Waals surface area (Å²) in [5, 5.41) is 15.6. The van der Waals surface area contributed by atoms with Gasteiger partial charge in [0.25, 0.3) is 0 Å². The van der Waals surface area contributed by atoms with E-state index in [0.717, 1.165) is 47.2 Å². The first-order chi connectivity index (χ1) is 15.7.